The minimum atomic E-state index is 0.124. The lowest BCUT2D eigenvalue weighted by molar-refractivity contribution is -0.0308. The first-order valence-electron chi connectivity index (χ1n) is 3.74. The van der Waals surface area contributed by atoms with Gasteiger partial charge in [0.25, 0.3) is 0 Å². The van der Waals surface area contributed by atoms with Crippen molar-refractivity contribution in [3.63, 3.8) is 0 Å². The SMILES string of the molecule is COCOCCC/C=C/CO. The summed E-state index contributed by atoms with van der Waals surface area (Å²) in [5.74, 6) is 0. The lowest BCUT2D eigenvalue weighted by atomic mass is 10.3. The second-order valence-electron chi connectivity index (χ2n) is 2.11. The fourth-order valence-corrected chi connectivity index (χ4v) is 0.638. The van der Waals surface area contributed by atoms with Crippen molar-refractivity contribution in [1.29, 1.82) is 0 Å². The molecule has 0 aliphatic heterocycles. The highest BCUT2D eigenvalue weighted by Crippen LogP contribution is 1.91. The number of aliphatic hydroxyl groups is 1. The van der Waals surface area contributed by atoms with E-state index in [2.05, 4.69) is 4.74 Å². The van der Waals surface area contributed by atoms with Crippen LogP contribution >= 0.6 is 0 Å². The van der Waals surface area contributed by atoms with Gasteiger partial charge < -0.3 is 14.6 Å². The highest BCUT2D eigenvalue weighted by molar-refractivity contribution is 4.80. The van der Waals surface area contributed by atoms with Gasteiger partial charge in [0, 0.05) is 13.7 Å². The first kappa shape index (κ1) is 10.6. The van der Waals surface area contributed by atoms with Gasteiger partial charge >= 0.3 is 0 Å². The average molecular weight is 160 g/mol. The van der Waals surface area contributed by atoms with Crippen LogP contribution in [0.4, 0.5) is 0 Å². The van der Waals surface area contributed by atoms with E-state index in [4.69, 9.17) is 9.84 Å². The maximum absolute atomic E-state index is 8.37. The molecule has 0 saturated heterocycles. The number of ether oxygens (including phenoxy) is 2. The third kappa shape index (κ3) is 9.62. The Kier molecular flexibility index (Phi) is 9.29. The Hall–Kier alpha value is -0.380. The molecule has 0 aliphatic carbocycles. The van der Waals surface area contributed by atoms with Crippen molar-refractivity contribution in [2.45, 2.75) is 12.8 Å². The fraction of sp³-hybridized carbons (Fsp3) is 0.750. The molecular formula is C8H16O3. The second-order valence-corrected chi connectivity index (χ2v) is 2.11. The second kappa shape index (κ2) is 9.62. The minimum absolute atomic E-state index is 0.124. The first-order valence-corrected chi connectivity index (χ1v) is 3.74. The van der Waals surface area contributed by atoms with E-state index >= 15 is 0 Å². The largest absolute Gasteiger partial charge is 0.392 e. The van der Waals surface area contributed by atoms with Crippen molar-refractivity contribution in [2.24, 2.45) is 0 Å². The summed E-state index contributed by atoms with van der Waals surface area (Å²) in [6.45, 7) is 1.20. The van der Waals surface area contributed by atoms with Gasteiger partial charge in [0.05, 0.1) is 6.61 Å². The van der Waals surface area contributed by atoms with Crippen LogP contribution in [0.2, 0.25) is 0 Å². The number of hydrogen-bond donors (Lipinski definition) is 1. The van der Waals surface area contributed by atoms with Crippen molar-refractivity contribution < 1.29 is 14.6 Å². The molecule has 0 fully saturated rings. The number of unbranched alkanes of at least 4 members (excludes halogenated alkanes) is 1. The van der Waals surface area contributed by atoms with E-state index < -0.39 is 0 Å². The number of aliphatic hydroxyl groups excluding tert-OH is 1. The van der Waals surface area contributed by atoms with Crippen LogP contribution < -0.4 is 0 Å². The van der Waals surface area contributed by atoms with Crippen LogP contribution in [-0.2, 0) is 9.47 Å². The lowest BCUT2D eigenvalue weighted by Gasteiger charge is -1.99. The third-order valence-electron chi connectivity index (χ3n) is 1.13. The molecule has 0 heterocycles. The first-order chi connectivity index (χ1) is 5.41. The summed E-state index contributed by atoms with van der Waals surface area (Å²) in [4.78, 5) is 0. The van der Waals surface area contributed by atoms with E-state index in [-0.39, 0.29) is 6.61 Å². The van der Waals surface area contributed by atoms with E-state index in [1.165, 1.54) is 0 Å². The lowest BCUT2D eigenvalue weighted by Crippen LogP contribution is -1.97. The molecule has 66 valence electrons. The normalized spacial score (nSPS) is 11.1. The summed E-state index contributed by atoms with van der Waals surface area (Å²) in [5, 5.41) is 8.37. The van der Waals surface area contributed by atoms with Gasteiger partial charge in [-0.05, 0) is 12.8 Å². The molecule has 0 atom stereocenters. The Labute approximate surface area is 67.6 Å². The summed E-state index contributed by atoms with van der Waals surface area (Å²) < 4.78 is 9.73. The standard InChI is InChI=1S/C8H16O3/c1-10-8-11-7-5-3-2-4-6-9/h2,4,9H,3,5-8H2,1H3/b4-2+. The van der Waals surface area contributed by atoms with Gasteiger partial charge in [0.1, 0.15) is 6.79 Å². The fourth-order valence-electron chi connectivity index (χ4n) is 0.638. The van der Waals surface area contributed by atoms with E-state index in [0.717, 1.165) is 12.8 Å². The molecule has 0 radical (unpaired) electrons. The van der Waals surface area contributed by atoms with Gasteiger partial charge in [0.2, 0.25) is 0 Å². The summed E-state index contributed by atoms with van der Waals surface area (Å²) in [6, 6.07) is 0. The van der Waals surface area contributed by atoms with Gasteiger partial charge in [0.15, 0.2) is 0 Å². The Morgan fingerprint density at radius 2 is 2.18 bits per heavy atom. The van der Waals surface area contributed by atoms with E-state index in [1.54, 1.807) is 13.2 Å². The quantitative estimate of drug-likeness (QED) is 0.342. The van der Waals surface area contributed by atoms with Gasteiger partial charge in [-0.15, -0.1) is 0 Å². The van der Waals surface area contributed by atoms with Crippen LogP contribution in [0.3, 0.4) is 0 Å². The number of rotatable bonds is 7. The van der Waals surface area contributed by atoms with Crippen LogP contribution in [0.1, 0.15) is 12.8 Å². The summed E-state index contributed by atoms with van der Waals surface area (Å²) in [5.41, 5.74) is 0. The topological polar surface area (TPSA) is 38.7 Å². The van der Waals surface area contributed by atoms with E-state index in [0.29, 0.717) is 13.4 Å². The molecule has 0 rings (SSSR count). The average Bonchev–Trinajstić information content (AvgIpc) is 2.03. The highest BCUT2D eigenvalue weighted by Gasteiger charge is 1.84. The van der Waals surface area contributed by atoms with Crippen LogP contribution in [0.25, 0.3) is 0 Å². The minimum Gasteiger partial charge on any atom is -0.392 e. The van der Waals surface area contributed by atoms with E-state index in [9.17, 15) is 0 Å². The number of methoxy groups -OCH3 is 1. The predicted molar refractivity (Wildman–Crippen MR) is 43.3 cm³/mol. The zero-order chi connectivity index (χ0) is 8.36. The van der Waals surface area contributed by atoms with Crippen molar-refractivity contribution in [2.75, 3.05) is 27.1 Å². The number of allylic oxidation sites excluding steroid dienone is 1. The predicted octanol–water partition coefficient (Wildman–Crippen LogP) is 0.936. The molecular weight excluding hydrogens is 144 g/mol. The van der Waals surface area contributed by atoms with Crippen molar-refractivity contribution >= 4 is 0 Å². The Bertz CT molecular complexity index is 91.3. The molecule has 0 aliphatic rings. The van der Waals surface area contributed by atoms with E-state index in [1.807, 2.05) is 6.08 Å². The molecule has 11 heavy (non-hydrogen) atoms. The van der Waals surface area contributed by atoms with Gasteiger partial charge in [-0.1, -0.05) is 12.2 Å². The maximum atomic E-state index is 8.37. The van der Waals surface area contributed by atoms with Crippen molar-refractivity contribution in [3.8, 4) is 0 Å². The monoisotopic (exact) mass is 160 g/mol. The highest BCUT2D eigenvalue weighted by atomic mass is 16.7. The Morgan fingerprint density at radius 1 is 1.36 bits per heavy atom. The smallest absolute Gasteiger partial charge is 0.146 e. The van der Waals surface area contributed by atoms with Crippen LogP contribution in [0, 0.1) is 0 Å². The van der Waals surface area contributed by atoms with Gasteiger partial charge in [-0.3, -0.25) is 0 Å². The van der Waals surface area contributed by atoms with Crippen molar-refractivity contribution in [3.05, 3.63) is 12.2 Å². The molecule has 0 bridgehead atoms. The molecule has 0 aromatic rings. The molecule has 0 aromatic heterocycles. The molecule has 1 N–H and O–H groups in total. The molecule has 3 heteroatoms. The molecule has 3 nitrogen and oxygen atoms in total. The maximum Gasteiger partial charge on any atom is 0.146 e. The summed E-state index contributed by atoms with van der Waals surface area (Å²) in [6.07, 6.45) is 5.59. The Morgan fingerprint density at radius 3 is 2.82 bits per heavy atom. The van der Waals surface area contributed by atoms with Crippen LogP contribution in [0.5, 0.6) is 0 Å². The molecule has 0 spiro atoms. The summed E-state index contributed by atoms with van der Waals surface area (Å²) >= 11 is 0. The van der Waals surface area contributed by atoms with Crippen LogP contribution in [0.15, 0.2) is 12.2 Å². The number of hydrogen-bond acceptors (Lipinski definition) is 3. The molecule has 0 saturated carbocycles. The summed E-state index contributed by atoms with van der Waals surface area (Å²) in [7, 11) is 1.60. The zero-order valence-electron chi connectivity index (χ0n) is 6.95. The van der Waals surface area contributed by atoms with Gasteiger partial charge in [-0.2, -0.15) is 0 Å². The van der Waals surface area contributed by atoms with Crippen molar-refractivity contribution in [1.82, 2.24) is 0 Å². The van der Waals surface area contributed by atoms with Crippen LogP contribution in [-0.4, -0.2) is 32.2 Å². The van der Waals surface area contributed by atoms with Gasteiger partial charge in [-0.25, -0.2) is 0 Å². The molecule has 0 aromatic carbocycles. The molecule has 0 unspecified atom stereocenters. The Balaban J connectivity index is 2.85. The third-order valence-corrected chi connectivity index (χ3v) is 1.13. The molecule has 0 amide bonds. The zero-order valence-corrected chi connectivity index (χ0v) is 6.95.